The van der Waals surface area contributed by atoms with Crippen LogP contribution in [-0.4, -0.2) is 23.1 Å². The highest BCUT2D eigenvalue weighted by Crippen LogP contribution is 2.24. The van der Waals surface area contributed by atoms with Crippen LogP contribution in [0.1, 0.15) is 30.0 Å². The molecule has 1 aromatic heterocycles. The van der Waals surface area contributed by atoms with Crippen LogP contribution in [0.3, 0.4) is 0 Å². The Balaban J connectivity index is 1.76. The number of esters is 1. The van der Waals surface area contributed by atoms with Crippen LogP contribution in [0.5, 0.6) is 0 Å². The van der Waals surface area contributed by atoms with Gasteiger partial charge in [0.2, 0.25) is 0 Å². The van der Waals surface area contributed by atoms with Crippen LogP contribution in [0.4, 0.5) is 0 Å². The Morgan fingerprint density at radius 3 is 2.48 bits per heavy atom. The van der Waals surface area contributed by atoms with Gasteiger partial charge in [-0.05, 0) is 50.3 Å². The van der Waals surface area contributed by atoms with Gasteiger partial charge in [0.25, 0.3) is 5.91 Å². The molecule has 3 rings (SSSR count). The van der Waals surface area contributed by atoms with Crippen molar-refractivity contribution in [2.45, 2.75) is 20.0 Å². The molecule has 1 fully saturated rings. The first kappa shape index (κ1) is 16.9. The van der Waals surface area contributed by atoms with Gasteiger partial charge in [0.05, 0.1) is 11.7 Å². The fourth-order valence-electron chi connectivity index (χ4n) is 2.26. The number of nitrogens with one attached hydrogen (secondary N) is 2. The summed E-state index contributed by atoms with van der Waals surface area (Å²) in [7, 11) is 0. The Morgan fingerprint density at radius 2 is 1.88 bits per heavy atom. The van der Waals surface area contributed by atoms with Crippen LogP contribution in [-0.2, 0) is 9.53 Å². The van der Waals surface area contributed by atoms with Crippen LogP contribution in [0.25, 0.3) is 17.4 Å². The summed E-state index contributed by atoms with van der Waals surface area (Å²) >= 11 is 4.88. The van der Waals surface area contributed by atoms with Crippen molar-refractivity contribution in [3.8, 4) is 11.3 Å². The lowest BCUT2D eigenvalue weighted by Gasteiger charge is -2.07. The average Bonchev–Trinajstić information content (AvgIpc) is 3.14. The minimum absolute atomic E-state index is 0.165. The molecule has 0 unspecified atom stereocenters. The van der Waals surface area contributed by atoms with E-state index in [0.717, 1.165) is 5.56 Å². The number of carbonyl (C=O) groups is 2. The molecule has 0 bridgehead atoms. The van der Waals surface area contributed by atoms with Gasteiger partial charge in [0.1, 0.15) is 17.2 Å². The van der Waals surface area contributed by atoms with E-state index >= 15 is 0 Å². The summed E-state index contributed by atoms with van der Waals surface area (Å²) in [6.07, 6.45) is 1.41. The molecule has 2 N–H and O–H groups in total. The number of carbonyl (C=O) groups excluding carboxylic acids is 2. The molecule has 1 aliphatic heterocycles. The topological polar surface area (TPSA) is 80.6 Å². The van der Waals surface area contributed by atoms with E-state index in [1.54, 1.807) is 56.3 Å². The SMILES string of the molecule is CC(C)OC(=O)c1ccc(-c2ccc(C=C3NC(=S)NC3=O)o2)cc1. The van der Waals surface area contributed by atoms with Gasteiger partial charge in [-0.25, -0.2) is 4.79 Å². The lowest BCUT2D eigenvalue weighted by atomic mass is 10.1. The van der Waals surface area contributed by atoms with Gasteiger partial charge in [-0.15, -0.1) is 0 Å². The standard InChI is InChI=1S/C18H16N2O4S/c1-10(2)23-17(22)12-5-3-11(4-6-12)15-8-7-13(24-15)9-14-16(21)20-18(25)19-14/h3-10H,1-2H3,(H2,19,20,21,25). The third kappa shape index (κ3) is 3.95. The molecule has 1 aliphatic rings. The lowest BCUT2D eigenvalue weighted by Crippen LogP contribution is -2.21. The normalized spacial score (nSPS) is 15.4. The zero-order valence-corrected chi connectivity index (χ0v) is 14.5. The molecule has 7 heteroatoms. The molecule has 1 saturated heterocycles. The van der Waals surface area contributed by atoms with Gasteiger partial charge < -0.3 is 14.5 Å². The molecule has 0 atom stereocenters. The van der Waals surface area contributed by atoms with E-state index in [1.165, 1.54) is 0 Å². The molecule has 6 nitrogen and oxygen atoms in total. The largest absolute Gasteiger partial charge is 0.459 e. The fraction of sp³-hybridized carbons (Fsp3) is 0.167. The van der Waals surface area contributed by atoms with E-state index in [4.69, 9.17) is 21.4 Å². The van der Waals surface area contributed by atoms with E-state index in [1.807, 2.05) is 0 Å². The molecule has 0 aliphatic carbocycles. The van der Waals surface area contributed by atoms with Crippen molar-refractivity contribution in [3.05, 3.63) is 53.4 Å². The summed E-state index contributed by atoms with van der Waals surface area (Å²) in [5.41, 5.74) is 1.62. The highest BCUT2D eigenvalue weighted by atomic mass is 32.1. The van der Waals surface area contributed by atoms with E-state index in [-0.39, 0.29) is 23.1 Å². The smallest absolute Gasteiger partial charge is 0.338 e. The Hall–Kier alpha value is -2.93. The van der Waals surface area contributed by atoms with Crippen LogP contribution < -0.4 is 10.6 Å². The van der Waals surface area contributed by atoms with E-state index in [9.17, 15) is 9.59 Å². The number of hydrogen-bond donors (Lipinski definition) is 2. The lowest BCUT2D eigenvalue weighted by molar-refractivity contribution is -0.115. The summed E-state index contributed by atoms with van der Waals surface area (Å²) in [6.45, 7) is 3.61. The van der Waals surface area contributed by atoms with Gasteiger partial charge in [0, 0.05) is 11.6 Å². The van der Waals surface area contributed by atoms with Crippen molar-refractivity contribution in [2.24, 2.45) is 0 Å². The van der Waals surface area contributed by atoms with Gasteiger partial charge >= 0.3 is 5.97 Å². The Labute approximate surface area is 149 Å². The van der Waals surface area contributed by atoms with Crippen molar-refractivity contribution < 1.29 is 18.7 Å². The maximum atomic E-state index is 11.8. The van der Waals surface area contributed by atoms with Crippen molar-refractivity contribution in [1.82, 2.24) is 10.6 Å². The third-order valence-corrected chi connectivity index (χ3v) is 3.59. The number of ether oxygens (including phenoxy) is 1. The number of hydrogen-bond acceptors (Lipinski definition) is 5. The monoisotopic (exact) mass is 356 g/mol. The van der Waals surface area contributed by atoms with Crippen molar-refractivity contribution in [2.75, 3.05) is 0 Å². The molecule has 0 spiro atoms. The summed E-state index contributed by atoms with van der Waals surface area (Å²) in [4.78, 5) is 23.5. The number of amides is 1. The molecule has 2 aromatic rings. The molecular weight excluding hydrogens is 340 g/mol. The summed E-state index contributed by atoms with van der Waals surface area (Å²) in [5, 5.41) is 5.51. The maximum Gasteiger partial charge on any atom is 0.338 e. The number of benzene rings is 1. The molecular formula is C18H16N2O4S. The number of thiocarbonyl (C=S) groups is 1. The average molecular weight is 356 g/mol. The second-order valence-electron chi connectivity index (χ2n) is 5.70. The van der Waals surface area contributed by atoms with Crippen LogP contribution in [0.2, 0.25) is 0 Å². The van der Waals surface area contributed by atoms with Crippen molar-refractivity contribution in [1.29, 1.82) is 0 Å². The highest BCUT2D eigenvalue weighted by Gasteiger charge is 2.20. The van der Waals surface area contributed by atoms with Gasteiger partial charge in [-0.1, -0.05) is 12.1 Å². The summed E-state index contributed by atoms with van der Waals surface area (Å²) in [5.74, 6) is 0.480. The minimum atomic E-state index is -0.360. The van der Waals surface area contributed by atoms with Crippen molar-refractivity contribution in [3.63, 3.8) is 0 Å². The molecule has 1 aromatic carbocycles. The first-order chi connectivity index (χ1) is 11.9. The predicted molar refractivity (Wildman–Crippen MR) is 96.5 cm³/mol. The van der Waals surface area contributed by atoms with Crippen LogP contribution >= 0.6 is 12.2 Å². The minimum Gasteiger partial charge on any atom is -0.459 e. The Morgan fingerprint density at radius 1 is 1.16 bits per heavy atom. The van der Waals surface area contributed by atoms with E-state index in [0.29, 0.717) is 22.8 Å². The van der Waals surface area contributed by atoms with Crippen molar-refractivity contribution >= 4 is 35.3 Å². The first-order valence-corrected chi connectivity index (χ1v) is 8.08. The molecule has 25 heavy (non-hydrogen) atoms. The van der Waals surface area contributed by atoms with Gasteiger partial charge in [0.15, 0.2) is 5.11 Å². The molecule has 2 heterocycles. The van der Waals surface area contributed by atoms with Gasteiger partial charge in [-0.2, -0.15) is 0 Å². The molecule has 0 radical (unpaired) electrons. The molecule has 1 amide bonds. The molecule has 0 saturated carbocycles. The second-order valence-corrected chi connectivity index (χ2v) is 6.11. The highest BCUT2D eigenvalue weighted by molar-refractivity contribution is 7.80. The molecule has 128 valence electrons. The third-order valence-electron chi connectivity index (χ3n) is 3.38. The summed E-state index contributed by atoms with van der Waals surface area (Å²) < 4.78 is 10.9. The maximum absolute atomic E-state index is 11.8. The summed E-state index contributed by atoms with van der Waals surface area (Å²) in [6, 6.07) is 10.5. The predicted octanol–water partition coefficient (Wildman–Crippen LogP) is 2.86. The van der Waals surface area contributed by atoms with E-state index in [2.05, 4.69) is 10.6 Å². The first-order valence-electron chi connectivity index (χ1n) is 7.67. The fourth-order valence-corrected chi connectivity index (χ4v) is 2.47. The zero-order chi connectivity index (χ0) is 18.0. The quantitative estimate of drug-likeness (QED) is 0.498. The Kier molecular flexibility index (Phi) is 4.67. The Bertz CT molecular complexity index is 865. The van der Waals surface area contributed by atoms with Crippen LogP contribution in [0, 0.1) is 0 Å². The number of rotatable bonds is 4. The van der Waals surface area contributed by atoms with Crippen LogP contribution in [0.15, 0.2) is 46.5 Å². The zero-order valence-electron chi connectivity index (χ0n) is 13.7. The number of furan rings is 1. The van der Waals surface area contributed by atoms with E-state index < -0.39 is 0 Å². The van der Waals surface area contributed by atoms with Gasteiger partial charge in [-0.3, -0.25) is 10.1 Å². The second kappa shape index (κ2) is 6.90.